The van der Waals surface area contributed by atoms with Crippen molar-refractivity contribution in [3.8, 4) is 0 Å². The lowest BCUT2D eigenvalue weighted by Gasteiger charge is -2.32. The van der Waals surface area contributed by atoms with Gasteiger partial charge in [0.25, 0.3) is 5.91 Å². The number of aryl methyl sites for hydroxylation is 1. The van der Waals surface area contributed by atoms with E-state index in [1.54, 1.807) is 14.1 Å². The Morgan fingerprint density at radius 1 is 1.41 bits per heavy atom. The molecule has 1 saturated heterocycles. The Kier molecular flexibility index (Phi) is 5.51. The Morgan fingerprint density at radius 2 is 2.18 bits per heavy atom. The quantitative estimate of drug-likeness (QED) is 0.890. The van der Waals surface area contributed by atoms with Gasteiger partial charge in [-0.05, 0) is 24.6 Å². The first-order chi connectivity index (χ1) is 10.5. The number of rotatable bonds is 4. The van der Waals surface area contributed by atoms with E-state index < -0.39 is 6.10 Å². The third kappa shape index (κ3) is 4.54. The summed E-state index contributed by atoms with van der Waals surface area (Å²) in [4.78, 5) is 27.5. The predicted octanol–water partition coefficient (Wildman–Crippen LogP) is 0.723. The van der Waals surface area contributed by atoms with Gasteiger partial charge in [0.2, 0.25) is 5.91 Å². The SMILES string of the molecule is Cc1cccc(NC(=O)CN2CCOC(C(=O)N(C)C)C2)c1. The second kappa shape index (κ2) is 7.38. The molecule has 0 saturated carbocycles. The van der Waals surface area contributed by atoms with Crippen LogP contribution in [0.3, 0.4) is 0 Å². The average molecular weight is 305 g/mol. The molecule has 1 aromatic rings. The molecule has 120 valence electrons. The number of morpholine rings is 1. The van der Waals surface area contributed by atoms with Crippen LogP contribution in [-0.2, 0) is 14.3 Å². The molecule has 2 rings (SSSR count). The molecule has 1 unspecified atom stereocenters. The van der Waals surface area contributed by atoms with E-state index in [0.29, 0.717) is 19.7 Å². The fraction of sp³-hybridized carbons (Fsp3) is 0.500. The van der Waals surface area contributed by atoms with E-state index in [1.165, 1.54) is 4.90 Å². The minimum Gasteiger partial charge on any atom is -0.366 e. The van der Waals surface area contributed by atoms with Crippen LogP contribution in [0.2, 0.25) is 0 Å². The van der Waals surface area contributed by atoms with E-state index in [9.17, 15) is 9.59 Å². The number of nitrogens with one attached hydrogen (secondary N) is 1. The van der Waals surface area contributed by atoms with E-state index in [-0.39, 0.29) is 18.4 Å². The van der Waals surface area contributed by atoms with Crippen LogP contribution < -0.4 is 5.32 Å². The van der Waals surface area contributed by atoms with E-state index in [0.717, 1.165) is 11.3 Å². The highest BCUT2D eigenvalue weighted by Gasteiger charge is 2.28. The molecule has 0 aliphatic carbocycles. The van der Waals surface area contributed by atoms with Gasteiger partial charge in [0.1, 0.15) is 6.10 Å². The van der Waals surface area contributed by atoms with Crippen LogP contribution in [0.5, 0.6) is 0 Å². The van der Waals surface area contributed by atoms with Crippen LogP contribution in [0.4, 0.5) is 5.69 Å². The Morgan fingerprint density at radius 3 is 2.86 bits per heavy atom. The summed E-state index contributed by atoms with van der Waals surface area (Å²) < 4.78 is 5.48. The van der Waals surface area contributed by atoms with E-state index in [4.69, 9.17) is 4.74 Å². The first-order valence-corrected chi connectivity index (χ1v) is 7.37. The molecule has 0 radical (unpaired) electrons. The van der Waals surface area contributed by atoms with E-state index >= 15 is 0 Å². The van der Waals surface area contributed by atoms with Crippen molar-refractivity contribution in [3.63, 3.8) is 0 Å². The Hall–Kier alpha value is -1.92. The zero-order valence-corrected chi connectivity index (χ0v) is 13.3. The van der Waals surface area contributed by atoms with Crippen molar-refractivity contribution in [3.05, 3.63) is 29.8 Å². The number of benzene rings is 1. The zero-order chi connectivity index (χ0) is 16.1. The maximum atomic E-state index is 12.1. The molecule has 0 spiro atoms. The minimum atomic E-state index is -0.490. The first kappa shape index (κ1) is 16.5. The number of carbonyl (C=O) groups excluding carboxylic acids is 2. The van der Waals surface area contributed by atoms with Crippen LogP contribution in [0.1, 0.15) is 5.56 Å². The van der Waals surface area contributed by atoms with Crippen molar-refractivity contribution >= 4 is 17.5 Å². The molecule has 0 bridgehead atoms. The van der Waals surface area contributed by atoms with Crippen molar-refractivity contribution < 1.29 is 14.3 Å². The highest BCUT2D eigenvalue weighted by atomic mass is 16.5. The van der Waals surface area contributed by atoms with E-state index in [2.05, 4.69) is 5.32 Å². The second-order valence-corrected chi connectivity index (χ2v) is 5.74. The molecule has 2 amide bonds. The standard InChI is InChI=1S/C16H23N3O3/c1-12-5-4-6-13(9-12)17-15(20)11-19-7-8-22-14(10-19)16(21)18(2)3/h4-6,9,14H,7-8,10-11H2,1-3H3,(H,17,20). The van der Waals surface area contributed by atoms with Gasteiger partial charge in [0, 0.05) is 32.9 Å². The maximum absolute atomic E-state index is 12.1. The molecule has 1 heterocycles. The summed E-state index contributed by atoms with van der Waals surface area (Å²) in [5.41, 5.74) is 1.89. The van der Waals surface area contributed by atoms with Crippen molar-refractivity contribution in [2.75, 3.05) is 45.7 Å². The fourth-order valence-corrected chi connectivity index (χ4v) is 2.41. The molecule has 1 aliphatic heterocycles. The number of anilines is 1. The average Bonchev–Trinajstić information content (AvgIpc) is 2.46. The van der Waals surface area contributed by atoms with Crippen LogP contribution in [0, 0.1) is 6.92 Å². The van der Waals surface area contributed by atoms with Crippen LogP contribution in [0.15, 0.2) is 24.3 Å². The second-order valence-electron chi connectivity index (χ2n) is 5.74. The van der Waals surface area contributed by atoms with Gasteiger partial charge in [-0.3, -0.25) is 14.5 Å². The molecule has 1 atom stereocenters. The van der Waals surface area contributed by atoms with Gasteiger partial charge in [0.15, 0.2) is 0 Å². The fourth-order valence-electron chi connectivity index (χ4n) is 2.41. The number of hydrogen-bond acceptors (Lipinski definition) is 4. The lowest BCUT2D eigenvalue weighted by Crippen LogP contribution is -2.51. The normalized spacial score (nSPS) is 18.8. The lowest BCUT2D eigenvalue weighted by atomic mass is 10.2. The molecule has 0 aromatic heterocycles. The van der Waals surface area contributed by atoms with Crippen molar-refractivity contribution in [1.29, 1.82) is 0 Å². The summed E-state index contributed by atoms with van der Waals surface area (Å²) in [5, 5.41) is 2.88. The van der Waals surface area contributed by atoms with Gasteiger partial charge in [0.05, 0.1) is 13.2 Å². The van der Waals surface area contributed by atoms with Crippen LogP contribution >= 0.6 is 0 Å². The van der Waals surface area contributed by atoms with Crippen LogP contribution in [-0.4, -0.2) is 68.1 Å². The molecular formula is C16H23N3O3. The smallest absolute Gasteiger partial charge is 0.252 e. The Balaban J connectivity index is 1.87. The summed E-state index contributed by atoms with van der Waals surface area (Å²) in [6, 6.07) is 7.68. The van der Waals surface area contributed by atoms with Gasteiger partial charge in [-0.25, -0.2) is 0 Å². The lowest BCUT2D eigenvalue weighted by molar-refractivity contribution is -0.147. The molecular weight excluding hydrogens is 282 g/mol. The number of nitrogens with zero attached hydrogens (tertiary/aromatic N) is 2. The van der Waals surface area contributed by atoms with Crippen molar-refractivity contribution in [2.24, 2.45) is 0 Å². The number of carbonyl (C=O) groups is 2. The third-order valence-corrected chi connectivity index (χ3v) is 3.54. The molecule has 1 aromatic carbocycles. The molecule has 1 aliphatic rings. The van der Waals surface area contributed by atoms with Gasteiger partial charge in [-0.2, -0.15) is 0 Å². The molecule has 1 N–H and O–H groups in total. The van der Waals surface area contributed by atoms with Crippen molar-refractivity contribution in [1.82, 2.24) is 9.80 Å². The summed E-state index contributed by atoms with van der Waals surface area (Å²) in [6.45, 7) is 3.79. The molecule has 22 heavy (non-hydrogen) atoms. The summed E-state index contributed by atoms with van der Waals surface area (Å²) in [5.74, 6) is -0.146. The van der Waals surface area contributed by atoms with Gasteiger partial charge in [-0.1, -0.05) is 12.1 Å². The monoisotopic (exact) mass is 305 g/mol. The highest BCUT2D eigenvalue weighted by Crippen LogP contribution is 2.11. The van der Waals surface area contributed by atoms with Crippen molar-refractivity contribution in [2.45, 2.75) is 13.0 Å². The molecule has 1 fully saturated rings. The Bertz CT molecular complexity index is 545. The van der Waals surface area contributed by atoms with E-state index in [1.807, 2.05) is 36.1 Å². The number of amides is 2. The topological polar surface area (TPSA) is 61.9 Å². The first-order valence-electron chi connectivity index (χ1n) is 7.37. The number of likely N-dealkylation sites (N-methyl/N-ethyl adjacent to an activating group) is 1. The largest absolute Gasteiger partial charge is 0.366 e. The summed E-state index contributed by atoms with van der Waals surface area (Å²) in [6.07, 6.45) is -0.490. The highest BCUT2D eigenvalue weighted by molar-refractivity contribution is 5.92. The summed E-state index contributed by atoms with van der Waals surface area (Å²) in [7, 11) is 3.41. The van der Waals surface area contributed by atoms with Gasteiger partial charge in [-0.15, -0.1) is 0 Å². The maximum Gasteiger partial charge on any atom is 0.252 e. The van der Waals surface area contributed by atoms with Gasteiger partial charge < -0.3 is 15.0 Å². The third-order valence-electron chi connectivity index (χ3n) is 3.54. The zero-order valence-electron chi connectivity index (χ0n) is 13.3. The van der Waals surface area contributed by atoms with Gasteiger partial charge >= 0.3 is 0 Å². The van der Waals surface area contributed by atoms with Crippen LogP contribution in [0.25, 0.3) is 0 Å². The Labute approximate surface area is 131 Å². The molecule has 6 heteroatoms. The number of ether oxygens (including phenoxy) is 1. The minimum absolute atomic E-state index is 0.0659. The summed E-state index contributed by atoms with van der Waals surface area (Å²) >= 11 is 0. The number of hydrogen-bond donors (Lipinski definition) is 1. The molecule has 6 nitrogen and oxygen atoms in total. The predicted molar refractivity (Wildman–Crippen MR) is 84.7 cm³/mol.